The third-order valence-electron chi connectivity index (χ3n) is 2.44. The number of aryl methyl sites for hydroxylation is 1. The van der Waals surface area contributed by atoms with E-state index in [1.165, 1.54) is 3.57 Å². The molecule has 1 heterocycles. The lowest BCUT2D eigenvalue weighted by Gasteiger charge is -2.00. The molecule has 0 atom stereocenters. The van der Waals surface area contributed by atoms with Gasteiger partial charge in [0.1, 0.15) is 5.76 Å². The van der Waals surface area contributed by atoms with Gasteiger partial charge in [-0.3, -0.25) is 4.79 Å². The molecule has 0 radical (unpaired) electrons. The van der Waals surface area contributed by atoms with Gasteiger partial charge < -0.3 is 4.42 Å². The monoisotopic (exact) mass is 326 g/mol. The van der Waals surface area contributed by atoms with E-state index in [4.69, 9.17) is 4.42 Å². The van der Waals surface area contributed by atoms with Crippen LogP contribution in [0.2, 0.25) is 0 Å². The molecule has 3 heteroatoms. The van der Waals surface area contributed by atoms with E-state index in [0.29, 0.717) is 17.7 Å². The number of halogens is 1. The molecule has 0 aliphatic rings. The number of ketones is 1. The minimum absolute atomic E-state index is 0.104. The molecule has 0 aliphatic carbocycles. The number of carbonyl (C=O) groups excluding carboxylic acids is 1. The van der Waals surface area contributed by atoms with Crippen molar-refractivity contribution in [2.75, 3.05) is 0 Å². The zero-order chi connectivity index (χ0) is 11.5. The van der Waals surface area contributed by atoms with E-state index >= 15 is 0 Å². The second-order valence-electron chi connectivity index (χ2n) is 3.62. The average Bonchev–Trinajstić information content (AvgIpc) is 2.68. The lowest BCUT2D eigenvalue weighted by atomic mass is 10.0. The van der Waals surface area contributed by atoms with Gasteiger partial charge in [-0.25, -0.2) is 0 Å². The Morgan fingerprint density at radius 3 is 2.50 bits per heavy atom. The molecular formula is C13H11IO2. The lowest BCUT2D eigenvalue weighted by molar-refractivity contribution is 0.0991. The molecule has 0 spiro atoms. The largest absolute Gasteiger partial charge is 0.469 e. The summed E-state index contributed by atoms with van der Waals surface area (Å²) < 4.78 is 6.29. The van der Waals surface area contributed by atoms with Crippen LogP contribution in [0.4, 0.5) is 0 Å². The van der Waals surface area contributed by atoms with Crippen molar-refractivity contribution in [1.82, 2.24) is 0 Å². The molecular weight excluding hydrogens is 315 g/mol. The Bertz CT molecular complexity index is 497. The molecule has 0 unspecified atom stereocenters. The molecule has 0 N–H and O–H groups in total. The Balaban J connectivity index is 2.14. The molecule has 16 heavy (non-hydrogen) atoms. The fraction of sp³-hybridized carbons (Fsp3) is 0.154. The van der Waals surface area contributed by atoms with E-state index in [9.17, 15) is 4.79 Å². The quantitative estimate of drug-likeness (QED) is 0.637. The third kappa shape index (κ3) is 2.52. The summed E-state index contributed by atoms with van der Waals surface area (Å²) in [5.74, 6) is 0.794. The zero-order valence-corrected chi connectivity index (χ0v) is 11.0. The molecule has 0 fully saturated rings. The normalized spacial score (nSPS) is 10.4. The molecule has 1 aromatic carbocycles. The van der Waals surface area contributed by atoms with Gasteiger partial charge in [0.2, 0.25) is 0 Å². The van der Waals surface area contributed by atoms with Crippen LogP contribution in [0.1, 0.15) is 21.7 Å². The maximum absolute atomic E-state index is 11.9. The van der Waals surface area contributed by atoms with Crippen molar-refractivity contribution < 1.29 is 9.21 Å². The van der Waals surface area contributed by atoms with Gasteiger partial charge in [0.05, 0.1) is 11.8 Å². The lowest BCUT2D eigenvalue weighted by Crippen LogP contribution is -2.03. The van der Waals surface area contributed by atoms with E-state index in [1.54, 1.807) is 19.3 Å². The molecule has 2 aromatic rings. The highest BCUT2D eigenvalue weighted by atomic mass is 127. The van der Waals surface area contributed by atoms with Crippen LogP contribution in [0.15, 0.2) is 41.0 Å². The fourth-order valence-electron chi connectivity index (χ4n) is 1.56. The number of hydrogen-bond donors (Lipinski definition) is 0. The van der Waals surface area contributed by atoms with Gasteiger partial charge in [-0.2, -0.15) is 0 Å². The first kappa shape index (κ1) is 11.4. The second kappa shape index (κ2) is 4.82. The van der Waals surface area contributed by atoms with E-state index in [0.717, 1.165) is 5.56 Å². The smallest absolute Gasteiger partial charge is 0.170 e. The van der Waals surface area contributed by atoms with Crippen LogP contribution in [0.25, 0.3) is 0 Å². The van der Waals surface area contributed by atoms with Gasteiger partial charge in [-0.1, -0.05) is 12.1 Å². The first-order valence-electron chi connectivity index (χ1n) is 4.98. The number of furan rings is 1. The number of hydrogen-bond acceptors (Lipinski definition) is 2. The van der Waals surface area contributed by atoms with Crippen LogP contribution in [-0.4, -0.2) is 5.78 Å². The predicted octanol–water partition coefficient (Wildman–Crippen LogP) is 3.62. The van der Waals surface area contributed by atoms with Crippen LogP contribution in [0, 0.1) is 10.5 Å². The SMILES string of the molecule is Cc1occc1C(=O)Cc1ccc(I)cc1. The molecule has 0 saturated heterocycles. The minimum Gasteiger partial charge on any atom is -0.469 e. The summed E-state index contributed by atoms with van der Waals surface area (Å²) in [5, 5.41) is 0. The maximum Gasteiger partial charge on any atom is 0.170 e. The van der Waals surface area contributed by atoms with Crippen molar-refractivity contribution in [2.45, 2.75) is 13.3 Å². The van der Waals surface area contributed by atoms with Gasteiger partial charge in [0.15, 0.2) is 5.78 Å². The van der Waals surface area contributed by atoms with Crippen molar-refractivity contribution in [3.05, 3.63) is 57.1 Å². The number of benzene rings is 1. The van der Waals surface area contributed by atoms with Gasteiger partial charge in [0.25, 0.3) is 0 Å². The second-order valence-corrected chi connectivity index (χ2v) is 4.86. The van der Waals surface area contributed by atoms with Crippen molar-refractivity contribution >= 4 is 28.4 Å². The van der Waals surface area contributed by atoms with Crippen LogP contribution in [0.3, 0.4) is 0 Å². The standard InChI is InChI=1S/C13H11IO2/c1-9-12(6-7-16-9)13(15)8-10-2-4-11(14)5-3-10/h2-7H,8H2,1H3. The summed E-state index contributed by atoms with van der Waals surface area (Å²) in [6.07, 6.45) is 1.98. The van der Waals surface area contributed by atoms with E-state index in [1.807, 2.05) is 24.3 Å². The molecule has 0 aliphatic heterocycles. The molecule has 0 bridgehead atoms. The van der Waals surface area contributed by atoms with Crippen LogP contribution in [0.5, 0.6) is 0 Å². The Morgan fingerprint density at radius 2 is 1.94 bits per heavy atom. The molecule has 0 saturated carbocycles. The Morgan fingerprint density at radius 1 is 1.25 bits per heavy atom. The summed E-state index contributed by atoms with van der Waals surface area (Å²) in [7, 11) is 0. The third-order valence-corrected chi connectivity index (χ3v) is 3.16. The molecule has 1 aromatic heterocycles. The van der Waals surface area contributed by atoms with Crippen molar-refractivity contribution in [3.8, 4) is 0 Å². The van der Waals surface area contributed by atoms with E-state index in [-0.39, 0.29) is 5.78 Å². The first-order valence-corrected chi connectivity index (χ1v) is 6.06. The van der Waals surface area contributed by atoms with Gasteiger partial charge in [0, 0.05) is 9.99 Å². The Kier molecular flexibility index (Phi) is 3.43. The summed E-state index contributed by atoms with van der Waals surface area (Å²) in [5.41, 5.74) is 1.71. The van der Waals surface area contributed by atoms with E-state index in [2.05, 4.69) is 22.6 Å². The summed E-state index contributed by atoms with van der Waals surface area (Å²) >= 11 is 2.25. The predicted molar refractivity (Wildman–Crippen MR) is 70.6 cm³/mol. The topological polar surface area (TPSA) is 30.2 Å². The van der Waals surface area contributed by atoms with Crippen molar-refractivity contribution in [1.29, 1.82) is 0 Å². The van der Waals surface area contributed by atoms with E-state index < -0.39 is 0 Å². The highest BCUT2D eigenvalue weighted by Crippen LogP contribution is 2.14. The van der Waals surface area contributed by atoms with Crippen molar-refractivity contribution in [3.63, 3.8) is 0 Å². The Labute approximate surface area is 108 Å². The summed E-state index contributed by atoms with van der Waals surface area (Å²) in [4.78, 5) is 11.9. The summed E-state index contributed by atoms with van der Waals surface area (Å²) in [6, 6.07) is 9.70. The number of rotatable bonds is 3. The molecule has 0 amide bonds. The molecule has 2 rings (SSSR count). The molecule has 82 valence electrons. The van der Waals surface area contributed by atoms with Crippen molar-refractivity contribution in [2.24, 2.45) is 0 Å². The average molecular weight is 326 g/mol. The van der Waals surface area contributed by atoms with Gasteiger partial charge >= 0.3 is 0 Å². The maximum atomic E-state index is 11.9. The summed E-state index contributed by atoms with van der Waals surface area (Å²) in [6.45, 7) is 1.81. The minimum atomic E-state index is 0.104. The highest BCUT2D eigenvalue weighted by molar-refractivity contribution is 14.1. The first-order chi connectivity index (χ1) is 7.66. The van der Waals surface area contributed by atoms with Gasteiger partial charge in [-0.05, 0) is 53.3 Å². The molecule has 2 nitrogen and oxygen atoms in total. The fourth-order valence-corrected chi connectivity index (χ4v) is 1.92. The Hall–Kier alpha value is -1.10. The van der Waals surface area contributed by atoms with Crippen LogP contribution in [-0.2, 0) is 6.42 Å². The zero-order valence-electron chi connectivity index (χ0n) is 8.87. The van der Waals surface area contributed by atoms with Crippen LogP contribution >= 0.6 is 22.6 Å². The highest BCUT2D eigenvalue weighted by Gasteiger charge is 2.11. The van der Waals surface area contributed by atoms with Crippen LogP contribution < -0.4 is 0 Å². The number of carbonyl (C=O) groups is 1. The van der Waals surface area contributed by atoms with Gasteiger partial charge in [-0.15, -0.1) is 0 Å². The number of Topliss-reactive ketones (excluding diaryl/α,β-unsaturated/α-hetero) is 1.